The molecular formula is C38H36BN2Si. The number of aromatic nitrogens is 2. The highest BCUT2D eigenvalue weighted by Gasteiger charge is 2.40. The van der Waals surface area contributed by atoms with Gasteiger partial charge in [0.2, 0.25) is 7.28 Å². The number of rotatable bonds is 10. The Kier molecular flexibility index (Phi) is 8.34. The van der Waals surface area contributed by atoms with Crippen LogP contribution in [0.1, 0.15) is 42.3 Å². The van der Waals surface area contributed by atoms with Crippen LogP contribution in [0.25, 0.3) is 0 Å². The molecule has 6 rings (SSSR count). The first-order valence-corrected chi connectivity index (χ1v) is 17.0. The Morgan fingerprint density at radius 1 is 0.571 bits per heavy atom. The molecule has 0 fully saturated rings. The van der Waals surface area contributed by atoms with E-state index in [1.54, 1.807) is 0 Å². The first kappa shape index (κ1) is 27.7. The molecule has 6 aromatic rings. The van der Waals surface area contributed by atoms with Gasteiger partial charge in [-0.2, -0.15) is 0 Å². The van der Waals surface area contributed by atoms with Crippen LogP contribution in [-0.2, 0) is 6.17 Å². The van der Waals surface area contributed by atoms with Crippen molar-refractivity contribution in [1.82, 2.24) is 9.55 Å². The molecule has 42 heavy (non-hydrogen) atoms. The highest BCUT2D eigenvalue weighted by atomic mass is 28.3. The summed E-state index contributed by atoms with van der Waals surface area (Å²) in [5.74, 6) is 0.592. The van der Waals surface area contributed by atoms with Crippen molar-refractivity contribution >= 4 is 36.6 Å². The lowest BCUT2D eigenvalue weighted by molar-refractivity contribution is 0.866. The number of hydrogen-bond donors (Lipinski definition) is 0. The van der Waals surface area contributed by atoms with Gasteiger partial charge < -0.3 is 4.57 Å². The number of benzene rings is 5. The number of hydrogen-bond acceptors (Lipinski definition) is 1. The second-order valence-corrected chi connectivity index (χ2v) is 15.2. The van der Waals surface area contributed by atoms with Crippen LogP contribution in [0, 0.1) is 0 Å². The molecule has 0 aliphatic rings. The minimum atomic E-state index is -2.52. The second kappa shape index (κ2) is 12.6. The van der Waals surface area contributed by atoms with Crippen LogP contribution in [0.15, 0.2) is 158 Å². The molecular weight excluding hydrogens is 523 g/mol. The highest BCUT2D eigenvalue weighted by molar-refractivity contribution is 7.10. The Hall–Kier alpha value is -4.41. The van der Waals surface area contributed by atoms with Gasteiger partial charge in [-0.3, -0.25) is 4.98 Å². The molecule has 0 saturated carbocycles. The zero-order valence-corrected chi connectivity index (χ0v) is 25.3. The predicted molar refractivity (Wildman–Crippen MR) is 180 cm³/mol. The van der Waals surface area contributed by atoms with E-state index in [-0.39, 0.29) is 5.82 Å². The van der Waals surface area contributed by atoms with E-state index in [0.717, 1.165) is 11.9 Å². The zero-order chi connectivity index (χ0) is 28.8. The monoisotopic (exact) mass is 559 g/mol. The van der Waals surface area contributed by atoms with Crippen LogP contribution in [0.4, 0.5) is 0 Å². The molecule has 0 atom stereocenters. The van der Waals surface area contributed by atoms with Gasteiger partial charge in [-0.15, -0.1) is 0 Å². The number of imidazole rings is 1. The zero-order valence-electron chi connectivity index (χ0n) is 24.3. The maximum Gasteiger partial charge on any atom is 0.215 e. The third kappa shape index (κ3) is 5.68. The van der Waals surface area contributed by atoms with Crippen molar-refractivity contribution in [1.29, 1.82) is 0 Å². The topological polar surface area (TPSA) is 17.8 Å². The van der Waals surface area contributed by atoms with Gasteiger partial charge in [0.05, 0.1) is 5.72 Å². The standard InChI is InChI=1S/C38H36BN2Si/c1-30(2)31-23-25-36(26-24-31)42(34-19-11-5-12-20-34,35-21-13-6-14-22-35)29-41-28-27-40-38(41)39-37(32-15-7-3-8-16-32)33-17-9-4-10-18-33/h3-28,30,37H,29H2,1-2H3. The molecule has 5 aromatic carbocycles. The molecule has 1 radical (unpaired) electrons. The summed E-state index contributed by atoms with van der Waals surface area (Å²) in [5.41, 5.74) is 4.89. The van der Waals surface area contributed by atoms with Crippen LogP contribution in [0.2, 0.25) is 0 Å². The van der Waals surface area contributed by atoms with Crippen molar-refractivity contribution in [3.05, 3.63) is 175 Å². The fourth-order valence-electron chi connectivity index (χ4n) is 6.10. The summed E-state index contributed by atoms with van der Waals surface area (Å²) in [6, 6.07) is 53.2. The van der Waals surface area contributed by atoms with Gasteiger partial charge in [0.25, 0.3) is 0 Å². The average Bonchev–Trinajstić information content (AvgIpc) is 3.50. The van der Waals surface area contributed by atoms with Gasteiger partial charge in [0.1, 0.15) is 0 Å². The minimum absolute atomic E-state index is 0.100. The third-order valence-electron chi connectivity index (χ3n) is 8.39. The van der Waals surface area contributed by atoms with E-state index >= 15 is 0 Å². The molecule has 0 amide bonds. The molecule has 2 nitrogen and oxygen atoms in total. The SMILES string of the molecule is CC(C)c1ccc([Si](Cn2ccnc2[B]C(c2ccccc2)c2ccccc2)(c2ccccc2)c2ccccc2)cc1. The summed E-state index contributed by atoms with van der Waals surface area (Å²) in [4.78, 5) is 4.94. The lowest BCUT2D eigenvalue weighted by Gasteiger charge is -2.35. The van der Waals surface area contributed by atoms with Crippen LogP contribution < -0.4 is 21.3 Å². The van der Waals surface area contributed by atoms with Gasteiger partial charge >= 0.3 is 0 Å². The van der Waals surface area contributed by atoms with E-state index in [4.69, 9.17) is 4.98 Å². The van der Waals surface area contributed by atoms with Crippen molar-refractivity contribution in [3.8, 4) is 0 Å². The second-order valence-electron chi connectivity index (χ2n) is 11.3. The predicted octanol–water partition coefficient (Wildman–Crippen LogP) is 5.84. The van der Waals surface area contributed by atoms with Gasteiger partial charge in [0, 0.05) is 18.6 Å². The molecule has 1 aromatic heterocycles. The molecule has 0 unspecified atom stereocenters. The fraction of sp³-hybridized carbons (Fsp3) is 0.132. The maximum atomic E-state index is 4.94. The minimum Gasteiger partial charge on any atom is -0.345 e. The third-order valence-corrected chi connectivity index (χ3v) is 13.2. The summed E-state index contributed by atoms with van der Waals surface area (Å²) in [7, 11) is -0.189. The molecule has 205 valence electrons. The summed E-state index contributed by atoms with van der Waals surface area (Å²) < 4.78 is 2.39. The van der Waals surface area contributed by atoms with Crippen LogP contribution >= 0.6 is 0 Å². The van der Waals surface area contributed by atoms with Gasteiger partial charge in [0.15, 0.2) is 8.07 Å². The Balaban J connectivity index is 1.48. The van der Waals surface area contributed by atoms with E-state index in [0.29, 0.717) is 5.92 Å². The van der Waals surface area contributed by atoms with E-state index in [1.165, 1.54) is 32.3 Å². The van der Waals surface area contributed by atoms with Crippen molar-refractivity contribution in [2.45, 2.75) is 31.8 Å². The molecule has 0 saturated heterocycles. The maximum absolute atomic E-state index is 4.94. The lowest BCUT2D eigenvalue weighted by atomic mass is 9.58. The van der Waals surface area contributed by atoms with Gasteiger partial charge in [-0.05, 0) is 44.0 Å². The van der Waals surface area contributed by atoms with E-state index in [2.05, 4.69) is 177 Å². The van der Waals surface area contributed by atoms with Crippen LogP contribution in [0.3, 0.4) is 0 Å². The molecule has 0 N–H and O–H groups in total. The Morgan fingerprint density at radius 2 is 1.02 bits per heavy atom. The summed E-state index contributed by atoms with van der Waals surface area (Å²) in [5, 5.41) is 4.21. The quantitative estimate of drug-likeness (QED) is 0.153. The van der Waals surface area contributed by atoms with E-state index in [1.807, 2.05) is 6.20 Å². The van der Waals surface area contributed by atoms with E-state index < -0.39 is 8.07 Å². The normalized spacial score (nSPS) is 11.6. The van der Waals surface area contributed by atoms with Gasteiger partial charge in [-0.1, -0.05) is 159 Å². The Labute approximate surface area is 252 Å². The summed E-state index contributed by atoms with van der Waals surface area (Å²) in [6.07, 6.45) is 4.97. The van der Waals surface area contributed by atoms with Crippen molar-refractivity contribution in [3.63, 3.8) is 0 Å². The smallest absolute Gasteiger partial charge is 0.215 e. The lowest BCUT2D eigenvalue weighted by Crippen LogP contribution is -2.70. The van der Waals surface area contributed by atoms with Crippen molar-refractivity contribution in [2.24, 2.45) is 0 Å². The van der Waals surface area contributed by atoms with Crippen LogP contribution in [-0.4, -0.2) is 24.9 Å². The van der Waals surface area contributed by atoms with Gasteiger partial charge in [-0.25, -0.2) is 0 Å². The molecule has 0 aliphatic carbocycles. The average molecular weight is 560 g/mol. The largest absolute Gasteiger partial charge is 0.345 e. The summed E-state index contributed by atoms with van der Waals surface area (Å²) >= 11 is 0. The molecule has 0 aliphatic heterocycles. The fourth-order valence-corrected chi connectivity index (χ4v) is 10.7. The highest BCUT2D eigenvalue weighted by Crippen LogP contribution is 2.23. The van der Waals surface area contributed by atoms with Crippen molar-refractivity contribution < 1.29 is 0 Å². The van der Waals surface area contributed by atoms with Crippen molar-refractivity contribution in [2.75, 3.05) is 0 Å². The molecule has 0 bridgehead atoms. The molecule has 4 heteroatoms. The first-order valence-electron chi connectivity index (χ1n) is 14.8. The number of nitrogens with zero attached hydrogens (tertiary/aromatic N) is 2. The van der Waals surface area contributed by atoms with Crippen LogP contribution in [0.5, 0.6) is 0 Å². The Bertz CT molecular complexity index is 1600. The molecule has 1 heterocycles. The Morgan fingerprint density at radius 3 is 1.50 bits per heavy atom. The van der Waals surface area contributed by atoms with E-state index in [9.17, 15) is 0 Å². The first-order chi connectivity index (χ1) is 20.6. The summed E-state index contributed by atoms with van der Waals surface area (Å²) in [6.45, 7) is 4.52. The molecule has 0 spiro atoms.